The average Bonchev–Trinajstić information content (AvgIpc) is 3.34. The number of hydrogen-bond donors (Lipinski definition) is 0. The van der Waals surface area contributed by atoms with Gasteiger partial charge in [-0.25, -0.2) is 4.68 Å². The lowest BCUT2D eigenvalue weighted by Gasteiger charge is -2.36. The van der Waals surface area contributed by atoms with Crippen LogP contribution in [0.4, 0.5) is 5.69 Å². The highest BCUT2D eigenvalue weighted by atomic mass is 35.5. The molecule has 0 aliphatic carbocycles. The molecule has 4 aromatic rings. The quantitative estimate of drug-likeness (QED) is 0.402. The van der Waals surface area contributed by atoms with E-state index in [4.69, 9.17) is 21.4 Å². The Labute approximate surface area is 203 Å². The number of benzene rings is 3. The monoisotopic (exact) mass is 472 g/mol. The molecule has 1 saturated heterocycles. The fourth-order valence-corrected chi connectivity index (χ4v) is 4.57. The molecule has 6 nitrogen and oxygen atoms in total. The SMILES string of the molecule is COc1ccccc1-c1nn(-c2ccccc2)cc1C(=O)N1CCN(c2ccccc2Cl)CC1. The van der Waals surface area contributed by atoms with Gasteiger partial charge < -0.3 is 14.5 Å². The van der Waals surface area contributed by atoms with E-state index in [0.29, 0.717) is 43.2 Å². The molecule has 0 bridgehead atoms. The van der Waals surface area contributed by atoms with E-state index in [1.165, 1.54) is 0 Å². The van der Waals surface area contributed by atoms with E-state index in [0.717, 1.165) is 22.0 Å². The molecule has 1 aliphatic rings. The second-order valence-electron chi connectivity index (χ2n) is 8.10. The Hall–Kier alpha value is -3.77. The number of carbonyl (C=O) groups excluding carboxylic acids is 1. The number of amides is 1. The van der Waals surface area contributed by atoms with Crippen molar-refractivity contribution in [3.63, 3.8) is 0 Å². The molecular weight excluding hydrogens is 448 g/mol. The largest absolute Gasteiger partial charge is 0.496 e. The number of carbonyl (C=O) groups is 1. The van der Waals surface area contributed by atoms with Gasteiger partial charge in [0.25, 0.3) is 5.91 Å². The Bertz CT molecular complexity index is 1300. The van der Waals surface area contributed by atoms with Crippen LogP contribution in [0.5, 0.6) is 5.75 Å². The molecule has 3 aromatic carbocycles. The molecule has 0 radical (unpaired) electrons. The third-order valence-electron chi connectivity index (χ3n) is 6.09. The van der Waals surface area contributed by atoms with Crippen molar-refractivity contribution in [2.45, 2.75) is 0 Å². The highest BCUT2D eigenvalue weighted by molar-refractivity contribution is 6.33. The molecule has 0 saturated carbocycles. The number of rotatable bonds is 5. The molecule has 1 aromatic heterocycles. The molecule has 0 spiro atoms. The minimum Gasteiger partial charge on any atom is -0.496 e. The van der Waals surface area contributed by atoms with Crippen LogP contribution in [0.1, 0.15) is 10.4 Å². The molecule has 34 heavy (non-hydrogen) atoms. The van der Waals surface area contributed by atoms with Gasteiger partial charge in [-0.05, 0) is 36.4 Å². The van der Waals surface area contributed by atoms with E-state index in [1.807, 2.05) is 90.0 Å². The maximum atomic E-state index is 13.7. The molecule has 1 aliphatic heterocycles. The number of halogens is 1. The summed E-state index contributed by atoms with van der Waals surface area (Å²) >= 11 is 6.39. The Morgan fingerprint density at radius 2 is 1.56 bits per heavy atom. The van der Waals surface area contributed by atoms with Crippen molar-refractivity contribution >= 4 is 23.2 Å². The molecule has 1 amide bonds. The Morgan fingerprint density at radius 1 is 0.882 bits per heavy atom. The molecule has 0 atom stereocenters. The van der Waals surface area contributed by atoms with E-state index in [2.05, 4.69) is 4.90 Å². The number of hydrogen-bond acceptors (Lipinski definition) is 4. The number of anilines is 1. The van der Waals surface area contributed by atoms with Gasteiger partial charge in [-0.15, -0.1) is 0 Å². The predicted molar refractivity (Wildman–Crippen MR) is 135 cm³/mol. The molecule has 5 rings (SSSR count). The van der Waals surface area contributed by atoms with Crippen molar-refractivity contribution in [2.24, 2.45) is 0 Å². The smallest absolute Gasteiger partial charge is 0.257 e. The van der Waals surface area contributed by atoms with Gasteiger partial charge in [0.15, 0.2) is 0 Å². The topological polar surface area (TPSA) is 50.6 Å². The second kappa shape index (κ2) is 9.61. The molecular formula is C27H25ClN4O2. The number of aromatic nitrogens is 2. The molecule has 1 fully saturated rings. The molecule has 172 valence electrons. The maximum Gasteiger partial charge on any atom is 0.257 e. The summed E-state index contributed by atoms with van der Waals surface area (Å²) in [6, 6.07) is 25.3. The molecule has 2 heterocycles. The summed E-state index contributed by atoms with van der Waals surface area (Å²) in [6.45, 7) is 2.64. The van der Waals surface area contributed by atoms with Gasteiger partial charge in [-0.1, -0.05) is 54.1 Å². The zero-order valence-electron chi connectivity index (χ0n) is 18.9. The van der Waals surface area contributed by atoms with Crippen LogP contribution in [0.25, 0.3) is 16.9 Å². The minimum atomic E-state index is -0.0399. The highest BCUT2D eigenvalue weighted by Gasteiger charge is 2.28. The molecule has 7 heteroatoms. The first-order valence-electron chi connectivity index (χ1n) is 11.2. The Balaban J connectivity index is 1.46. The summed E-state index contributed by atoms with van der Waals surface area (Å²) in [6.07, 6.45) is 1.82. The number of nitrogens with zero attached hydrogens (tertiary/aromatic N) is 4. The van der Waals surface area contributed by atoms with Crippen molar-refractivity contribution in [1.82, 2.24) is 14.7 Å². The molecule has 0 N–H and O–H groups in total. The van der Waals surface area contributed by atoms with Crippen LogP contribution in [0.3, 0.4) is 0 Å². The van der Waals surface area contributed by atoms with Gasteiger partial charge in [-0.2, -0.15) is 5.10 Å². The summed E-state index contributed by atoms with van der Waals surface area (Å²) in [5, 5.41) is 5.54. The maximum absolute atomic E-state index is 13.7. The normalized spacial score (nSPS) is 13.7. The summed E-state index contributed by atoms with van der Waals surface area (Å²) in [7, 11) is 1.63. The van der Waals surface area contributed by atoms with Crippen molar-refractivity contribution in [3.05, 3.63) is 95.6 Å². The van der Waals surface area contributed by atoms with E-state index in [1.54, 1.807) is 11.8 Å². The van der Waals surface area contributed by atoms with Crippen molar-refractivity contribution in [2.75, 3.05) is 38.2 Å². The first kappa shape index (κ1) is 22.0. The van der Waals surface area contributed by atoms with Gasteiger partial charge in [0, 0.05) is 37.9 Å². The van der Waals surface area contributed by atoms with E-state index in [-0.39, 0.29) is 5.91 Å². The number of piperazine rings is 1. The van der Waals surface area contributed by atoms with Crippen LogP contribution in [0.2, 0.25) is 5.02 Å². The van der Waals surface area contributed by atoms with Crippen LogP contribution in [-0.2, 0) is 0 Å². The van der Waals surface area contributed by atoms with E-state index in [9.17, 15) is 4.79 Å². The standard InChI is InChI=1S/C27H25ClN4O2/c1-34-25-14-8-5-11-21(25)26-22(19-32(29-26)20-9-3-2-4-10-20)27(33)31-17-15-30(16-18-31)24-13-7-6-12-23(24)28/h2-14,19H,15-18H2,1H3. The van der Waals surface area contributed by atoms with Crippen LogP contribution in [0, 0.1) is 0 Å². The summed E-state index contributed by atoms with van der Waals surface area (Å²) in [4.78, 5) is 17.8. The van der Waals surface area contributed by atoms with E-state index < -0.39 is 0 Å². The Morgan fingerprint density at radius 3 is 2.29 bits per heavy atom. The van der Waals surface area contributed by atoms with Gasteiger partial charge in [0.05, 0.1) is 29.1 Å². The van der Waals surface area contributed by atoms with Gasteiger partial charge in [0.1, 0.15) is 11.4 Å². The minimum absolute atomic E-state index is 0.0399. The first-order chi connectivity index (χ1) is 16.7. The summed E-state index contributed by atoms with van der Waals surface area (Å²) in [5.74, 6) is 0.639. The van der Waals surface area contributed by atoms with Crippen LogP contribution in [-0.4, -0.2) is 53.9 Å². The third kappa shape index (κ3) is 4.24. The predicted octanol–water partition coefficient (Wildman–Crippen LogP) is 5.16. The lowest BCUT2D eigenvalue weighted by atomic mass is 10.1. The lowest BCUT2D eigenvalue weighted by Crippen LogP contribution is -2.48. The zero-order valence-corrected chi connectivity index (χ0v) is 19.7. The van der Waals surface area contributed by atoms with Crippen LogP contribution < -0.4 is 9.64 Å². The fourth-order valence-electron chi connectivity index (χ4n) is 4.31. The number of ether oxygens (including phenoxy) is 1. The zero-order chi connectivity index (χ0) is 23.5. The van der Waals surface area contributed by atoms with Crippen LogP contribution >= 0.6 is 11.6 Å². The van der Waals surface area contributed by atoms with Gasteiger partial charge >= 0.3 is 0 Å². The molecule has 0 unspecified atom stereocenters. The number of methoxy groups -OCH3 is 1. The van der Waals surface area contributed by atoms with Crippen molar-refractivity contribution < 1.29 is 9.53 Å². The Kier molecular flexibility index (Phi) is 6.23. The van der Waals surface area contributed by atoms with Crippen molar-refractivity contribution in [1.29, 1.82) is 0 Å². The van der Waals surface area contributed by atoms with Gasteiger partial charge in [-0.3, -0.25) is 4.79 Å². The number of para-hydroxylation sites is 3. The lowest BCUT2D eigenvalue weighted by molar-refractivity contribution is 0.0747. The first-order valence-corrected chi connectivity index (χ1v) is 11.6. The third-order valence-corrected chi connectivity index (χ3v) is 6.41. The van der Waals surface area contributed by atoms with E-state index >= 15 is 0 Å². The summed E-state index contributed by atoms with van der Waals surface area (Å²) < 4.78 is 7.33. The fraction of sp³-hybridized carbons (Fsp3) is 0.185. The summed E-state index contributed by atoms with van der Waals surface area (Å²) in [5.41, 5.74) is 3.85. The van der Waals surface area contributed by atoms with Crippen molar-refractivity contribution in [3.8, 4) is 22.7 Å². The second-order valence-corrected chi connectivity index (χ2v) is 8.51. The van der Waals surface area contributed by atoms with Crippen LogP contribution in [0.15, 0.2) is 85.1 Å². The highest BCUT2D eigenvalue weighted by Crippen LogP contribution is 2.33. The van der Waals surface area contributed by atoms with Gasteiger partial charge in [0.2, 0.25) is 0 Å². The average molecular weight is 473 g/mol.